The minimum absolute atomic E-state index is 0.225. The molecule has 0 aliphatic carbocycles. The fourth-order valence-corrected chi connectivity index (χ4v) is 4.29. The summed E-state index contributed by atoms with van der Waals surface area (Å²) >= 11 is 0. The number of nitrogens with zero attached hydrogens (tertiary/aromatic N) is 2. The summed E-state index contributed by atoms with van der Waals surface area (Å²) in [5, 5.41) is 5.59. The van der Waals surface area contributed by atoms with Gasteiger partial charge < -0.3 is 20.4 Å². The number of carbonyl (C=O) groups excluding carboxylic acids is 3. The van der Waals surface area contributed by atoms with E-state index in [4.69, 9.17) is 0 Å². The van der Waals surface area contributed by atoms with Gasteiger partial charge in [-0.1, -0.05) is 23.8 Å². The Morgan fingerprint density at radius 1 is 1.00 bits per heavy atom. The van der Waals surface area contributed by atoms with Gasteiger partial charge in [0.05, 0.1) is 0 Å². The molecule has 0 saturated carbocycles. The zero-order chi connectivity index (χ0) is 22.7. The van der Waals surface area contributed by atoms with Gasteiger partial charge in [0.2, 0.25) is 17.7 Å². The Morgan fingerprint density at radius 2 is 1.72 bits per heavy atom. The molecule has 2 N–H and O–H groups in total. The first kappa shape index (κ1) is 21.9. The van der Waals surface area contributed by atoms with Crippen LogP contribution in [0, 0.1) is 12.8 Å². The molecule has 168 valence electrons. The molecule has 2 fully saturated rings. The van der Waals surface area contributed by atoms with Crippen LogP contribution in [0.3, 0.4) is 0 Å². The third kappa shape index (κ3) is 4.77. The van der Waals surface area contributed by atoms with E-state index in [9.17, 15) is 14.4 Å². The first-order valence-electron chi connectivity index (χ1n) is 11.3. The van der Waals surface area contributed by atoms with Crippen molar-refractivity contribution < 1.29 is 14.4 Å². The molecule has 2 aromatic carbocycles. The SMILES string of the molecule is Cc1ccc(N2CCC(C(=O)NC(C)C(=O)Nc3cccc(N4CCCC4)c3)C2=O)cc1. The summed E-state index contributed by atoms with van der Waals surface area (Å²) in [6, 6.07) is 14.7. The number of carbonyl (C=O) groups is 3. The summed E-state index contributed by atoms with van der Waals surface area (Å²) in [7, 11) is 0. The Bertz CT molecular complexity index is 999. The lowest BCUT2D eigenvalue weighted by atomic mass is 10.1. The lowest BCUT2D eigenvalue weighted by Gasteiger charge is -2.20. The first-order valence-corrected chi connectivity index (χ1v) is 11.3. The van der Waals surface area contributed by atoms with Crippen LogP contribution >= 0.6 is 0 Å². The highest BCUT2D eigenvalue weighted by Gasteiger charge is 2.38. The molecular weight excluding hydrogens is 404 g/mol. The highest BCUT2D eigenvalue weighted by atomic mass is 16.2. The fourth-order valence-electron chi connectivity index (χ4n) is 4.29. The number of anilines is 3. The van der Waals surface area contributed by atoms with Gasteiger partial charge in [0.25, 0.3) is 0 Å². The molecular formula is C25H30N4O3. The van der Waals surface area contributed by atoms with Crippen molar-refractivity contribution in [3.8, 4) is 0 Å². The highest BCUT2D eigenvalue weighted by Crippen LogP contribution is 2.26. The monoisotopic (exact) mass is 434 g/mol. The molecule has 2 heterocycles. The molecule has 2 unspecified atom stereocenters. The van der Waals surface area contributed by atoms with E-state index < -0.39 is 17.9 Å². The third-order valence-electron chi connectivity index (χ3n) is 6.20. The Labute approximate surface area is 188 Å². The standard InChI is InChI=1S/C25H30N4O3/c1-17-8-10-20(11-9-17)29-15-12-22(25(29)32)24(31)26-18(2)23(30)27-19-6-5-7-21(16-19)28-13-3-4-14-28/h5-11,16,18,22H,3-4,12-15H2,1-2H3,(H,26,31)(H,27,30). The average Bonchev–Trinajstić information content (AvgIpc) is 3.45. The van der Waals surface area contributed by atoms with Crippen LogP contribution in [0.4, 0.5) is 17.1 Å². The van der Waals surface area contributed by atoms with E-state index in [2.05, 4.69) is 15.5 Å². The number of amides is 3. The van der Waals surface area contributed by atoms with Crippen LogP contribution in [0.2, 0.25) is 0 Å². The van der Waals surface area contributed by atoms with Gasteiger partial charge in [-0.3, -0.25) is 14.4 Å². The maximum Gasteiger partial charge on any atom is 0.246 e. The second kappa shape index (κ2) is 9.42. The predicted molar refractivity (Wildman–Crippen MR) is 126 cm³/mol. The van der Waals surface area contributed by atoms with Crippen LogP contribution in [0.15, 0.2) is 48.5 Å². The van der Waals surface area contributed by atoms with Gasteiger partial charge in [-0.15, -0.1) is 0 Å². The highest BCUT2D eigenvalue weighted by molar-refractivity contribution is 6.10. The quantitative estimate of drug-likeness (QED) is 0.685. The molecule has 3 amide bonds. The number of rotatable bonds is 6. The van der Waals surface area contributed by atoms with Crippen molar-refractivity contribution in [1.82, 2.24) is 5.32 Å². The largest absolute Gasteiger partial charge is 0.371 e. The molecule has 32 heavy (non-hydrogen) atoms. The van der Waals surface area contributed by atoms with E-state index in [0.29, 0.717) is 18.7 Å². The van der Waals surface area contributed by atoms with Crippen molar-refractivity contribution in [2.45, 2.75) is 39.2 Å². The predicted octanol–water partition coefficient (Wildman–Crippen LogP) is 3.09. The van der Waals surface area contributed by atoms with E-state index in [1.165, 1.54) is 12.8 Å². The van der Waals surface area contributed by atoms with Crippen LogP contribution in [0.25, 0.3) is 0 Å². The minimum Gasteiger partial charge on any atom is -0.371 e. The topological polar surface area (TPSA) is 81.8 Å². The van der Waals surface area contributed by atoms with Gasteiger partial charge in [-0.25, -0.2) is 0 Å². The number of nitrogens with one attached hydrogen (secondary N) is 2. The zero-order valence-corrected chi connectivity index (χ0v) is 18.6. The van der Waals surface area contributed by atoms with Crippen molar-refractivity contribution >= 4 is 34.8 Å². The molecule has 2 aliphatic rings. The fraction of sp³-hybridized carbons (Fsp3) is 0.400. The average molecular weight is 435 g/mol. The smallest absolute Gasteiger partial charge is 0.246 e. The van der Waals surface area contributed by atoms with Gasteiger partial charge in [0.15, 0.2) is 0 Å². The second-order valence-corrected chi connectivity index (χ2v) is 8.63. The van der Waals surface area contributed by atoms with E-state index in [0.717, 1.165) is 30.0 Å². The first-order chi connectivity index (χ1) is 15.4. The Hall–Kier alpha value is -3.35. The summed E-state index contributed by atoms with van der Waals surface area (Å²) in [4.78, 5) is 42.1. The van der Waals surface area contributed by atoms with Gasteiger partial charge >= 0.3 is 0 Å². The number of aryl methyl sites for hydroxylation is 1. The van der Waals surface area contributed by atoms with E-state index >= 15 is 0 Å². The molecule has 7 nitrogen and oxygen atoms in total. The summed E-state index contributed by atoms with van der Waals surface area (Å²) < 4.78 is 0. The Balaban J connectivity index is 1.33. The van der Waals surface area contributed by atoms with Crippen molar-refractivity contribution in [2.75, 3.05) is 34.8 Å². The molecule has 2 aromatic rings. The van der Waals surface area contributed by atoms with Crippen LogP contribution in [0.1, 0.15) is 31.7 Å². The summed E-state index contributed by atoms with van der Waals surface area (Å²) in [5.41, 5.74) is 3.69. The Morgan fingerprint density at radius 3 is 2.44 bits per heavy atom. The summed E-state index contributed by atoms with van der Waals surface area (Å²) in [6.07, 6.45) is 2.80. The molecule has 0 radical (unpaired) electrons. The Kier molecular flexibility index (Phi) is 6.44. The summed E-state index contributed by atoms with van der Waals surface area (Å²) in [5.74, 6) is -1.71. The molecule has 2 saturated heterocycles. The van der Waals surface area contributed by atoms with Crippen LogP contribution < -0.4 is 20.4 Å². The van der Waals surface area contributed by atoms with Gasteiger partial charge in [-0.2, -0.15) is 0 Å². The normalized spacial score (nSPS) is 19.2. The number of benzene rings is 2. The maximum absolute atomic E-state index is 12.8. The third-order valence-corrected chi connectivity index (χ3v) is 6.20. The molecule has 0 spiro atoms. The van der Waals surface area contributed by atoms with Crippen LogP contribution in [-0.2, 0) is 14.4 Å². The molecule has 0 aromatic heterocycles. The minimum atomic E-state index is -0.773. The van der Waals surface area contributed by atoms with Gasteiger partial charge in [-0.05, 0) is 63.4 Å². The van der Waals surface area contributed by atoms with Crippen molar-refractivity contribution in [1.29, 1.82) is 0 Å². The number of hydrogen-bond donors (Lipinski definition) is 2. The van der Waals surface area contributed by atoms with Crippen molar-refractivity contribution in [3.63, 3.8) is 0 Å². The van der Waals surface area contributed by atoms with Gasteiger partial charge in [0, 0.05) is 36.7 Å². The van der Waals surface area contributed by atoms with Crippen molar-refractivity contribution in [2.24, 2.45) is 5.92 Å². The molecule has 0 bridgehead atoms. The van der Waals surface area contributed by atoms with E-state index in [1.807, 2.05) is 55.5 Å². The second-order valence-electron chi connectivity index (χ2n) is 8.63. The molecule has 7 heteroatoms. The summed E-state index contributed by atoms with van der Waals surface area (Å²) in [6.45, 7) is 6.16. The van der Waals surface area contributed by atoms with Gasteiger partial charge in [0.1, 0.15) is 12.0 Å². The van der Waals surface area contributed by atoms with Crippen molar-refractivity contribution in [3.05, 3.63) is 54.1 Å². The molecule has 2 atom stereocenters. The van der Waals surface area contributed by atoms with E-state index in [-0.39, 0.29) is 11.8 Å². The molecule has 4 rings (SSSR count). The van der Waals surface area contributed by atoms with E-state index in [1.54, 1.807) is 11.8 Å². The number of hydrogen-bond acceptors (Lipinski definition) is 4. The van der Waals surface area contributed by atoms with Crippen LogP contribution in [0.5, 0.6) is 0 Å². The maximum atomic E-state index is 12.8. The van der Waals surface area contributed by atoms with Crippen LogP contribution in [-0.4, -0.2) is 43.4 Å². The molecule has 2 aliphatic heterocycles. The zero-order valence-electron chi connectivity index (χ0n) is 18.6. The lowest BCUT2D eigenvalue weighted by molar-refractivity contribution is -0.134. The lowest BCUT2D eigenvalue weighted by Crippen LogP contribution is -2.46.